The van der Waals surface area contributed by atoms with Gasteiger partial charge in [-0.15, -0.1) is 0 Å². The van der Waals surface area contributed by atoms with E-state index in [1.165, 1.54) is 0 Å². The largest absolute Gasteiger partial charge is 0.444 e. The molecule has 2 rings (SSSR count). The molecule has 1 fully saturated rings. The van der Waals surface area contributed by atoms with Crippen LogP contribution in [-0.2, 0) is 4.74 Å². The van der Waals surface area contributed by atoms with Crippen molar-refractivity contribution in [2.45, 2.75) is 52.2 Å². The van der Waals surface area contributed by atoms with Crippen LogP contribution in [0.5, 0.6) is 0 Å². The summed E-state index contributed by atoms with van der Waals surface area (Å²) in [6, 6.07) is 5.40. The highest BCUT2D eigenvalue weighted by atomic mass is 16.6. The molecule has 1 aliphatic heterocycles. The third-order valence-corrected chi connectivity index (χ3v) is 4.81. The molecule has 170 valence electrons. The Balaban J connectivity index is 2.12. The summed E-state index contributed by atoms with van der Waals surface area (Å²) < 4.78 is 5.34. The summed E-state index contributed by atoms with van der Waals surface area (Å²) in [6.07, 6.45) is 6.63. The van der Waals surface area contributed by atoms with Crippen molar-refractivity contribution in [3.8, 4) is 0 Å². The zero-order valence-electron chi connectivity index (χ0n) is 19.4. The van der Waals surface area contributed by atoms with E-state index < -0.39 is 11.7 Å². The first kappa shape index (κ1) is 24.2. The molecular formula is C23H35N5O3. The van der Waals surface area contributed by atoms with E-state index >= 15 is 0 Å². The number of hydrogen-bond acceptors (Lipinski definition) is 6. The number of carbonyl (C=O) groups is 2. The molecule has 0 unspecified atom stereocenters. The number of ether oxygens (including phenoxy) is 1. The van der Waals surface area contributed by atoms with Gasteiger partial charge in [-0.05, 0) is 64.8 Å². The molecule has 0 aromatic heterocycles. The number of anilines is 2. The number of benzene rings is 1. The summed E-state index contributed by atoms with van der Waals surface area (Å²) in [6.45, 7) is 8.52. The van der Waals surface area contributed by atoms with Crippen molar-refractivity contribution in [1.29, 1.82) is 0 Å². The van der Waals surface area contributed by atoms with Crippen molar-refractivity contribution in [3.05, 3.63) is 35.9 Å². The van der Waals surface area contributed by atoms with E-state index in [4.69, 9.17) is 4.74 Å². The monoisotopic (exact) mass is 429 g/mol. The topological polar surface area (TPSA) is 86.3 Å². The van der Waals surface area contributed by atoms with Gasteiger partial charge in [-0.2, -0.15) is 5.10 Å². The molecule has 2 N–H and O–H groups in total. The minimum Gasteiger partial charge on any atom is -0.444 e. The number of hydrazone groups is 1. The van der Waals surface area contributed by atoms with Crippen molar-refractivity contribution in [2.24, 2.45) is 5.10 Å². The molecule has 1 aromatic rings. The maximum absolute atomic E-state index is 13.2. The Morgan fingerprint density at radius 2 is 2.06 bits per heavy atom. The van der Waals surface area contributed by atoms with Crippen LogP contribution in [0.1, 0.15) is 50.9 Å². The number of nitrogens with one attached hydrogen (secondary N) is 2. The fourth-order valence-corrected chi connectivity index (χ4v) is 3.37. The number of amides is 2. The van der Waals surface area contributed by atoms with Gasteiger partial charge in [0.15, 0.2) is 0 Å². The number of nitrogens with zero attached hydrogens (tertiary/aromatic N) is 3. The van der Waals surface area contributed by atoms with Gasteiger partial charge in [0.05, 0.1) is 11.4 Å². The van der Waals surface area contributed by atoms with Crippen molar-refractivity contribution in [3.63, 3.8) is 0 Å². The highest BCUT2D eigenvalue weighted by molar-refractivity contribution is 5.96. The molecule has 0 aliphatic carbocycles. The highest BCUT2D eigenvalue weighted by Gasteiger charge is 2.27. The normalized spacial score (nSPS) is 17.1. The van der Waals surface area contributed by atoms with E-state index in [1.54, 1.807) is 16.1 Å². The molecule has 0 bridgehead atoms. The van der Waals surface area contributed by atoms with Crippen LogP contribution in [0.2, 0.25) is 0 Å². The van der Waals surface area contributed by atoms with E-state index in [1.807, 2.05) is 72.1 Å². The molecule has 1 saturated heterocycles. The van der Waals surface area contributed by atoms with Crippen molar-refractivity contribution in [2.75, 3.05) is 37.5 Å². The number of alkyl carbamates (subject to hydrolysis) is 1. The molecule has 8 nitrogen and oxygen atoms in total. The lowest BCUT2D eigenvalue weighted by Crippen LogP contribution is -2.50. The summed E-state index contributed by atoms with van der Waals surface area (Å²) in [5.41, 5.74) is 1.70. The fourth-order valence-electron chi connectivity index (χ4n) is 3.37. The Labute approximate surface area is 185 Å². The SMILES string of the molecule is C/C=C\C=N/N(C)c1cc(C(=O)N2CCC[C@@H](NC(=O)OC(C)(C)C)C2)ccc1NC. The van der Waals surface area contributed by atoms with Crippen LogP contribution in [0.25, 0.3) is 0 Å². The molecule has 1 atom stereocenters. The van der Waals surface area contributed by atoms with Crippen molar-refractivity contribution >= 4 is 29.6 Å². The third-order valence-electron chi connectivity index (χ3n) is 4.81. The van der Waals surface area contributed by atoms with E-state index in [9.17, 15) is 9.59 Å². The van der Waals surface area contributed by atoms with Gasteiger partial charge in [0.25, 0.3) is 5.91 Å². The number of rotatable bonds is 6. The average Bonchev–Trinajstić information content (AvgIpc) is 2.71. The number of hydrogen-bond donors (Lipinski definition) is 2. The summed E-state index contributed by atoms with van der Waals surface area (Å²) in [7, 11) is 3.67. The summed E-state index contributed by atoms with van der Waals surface area (Å²) in [5.74, 6) is -0.0644. The predicted molar refractivity (Wildman–Crippen MR) is 126 cm³/mol. The standard InChI is InChI=1S/C23H35N5O3/c1-7-8-13-25-27(6)20-15-17(11-12-19(20)24-5)21(29)28-14-9-10-18(16-28)26-22(30)31-23(2,3)4/h7-8,11-13,15,18,24H,9-10,14,16H2,1-6H3,(H,26,30)/b8-7-,25-13-/t18-/m1/s1. The van der Waals surface area contributed by atoms with Crippen LogP contribution >= 0.6 is 0 Å². The molecule has 1 aromatic carbocycles. The highest BCUT2D eigenvalue weighted by Crippen LogP contribution is 2.27. The predicted octanol–water partition coefficient (Wildman–Crippen LogP) is 3.86. The van der Waals surface area contributed by atoms with Gasteiger partial charge in [0.1, 0.15) is 5.60 Å². The molecule has 2 amide bonds. The number of carbonyl (C=O) groups excluding carboxylic acids is 2. The lowest BCUT2D eigenvalue weighted by atomic mass is 10.0. The fraction of sp³-hybridized carbons (Fsp3) is 0.522. The van der Waals surface area contributed by atoms with Crippen LogP contribution in [0.4, 0.5) is 16.2 Å². The first-order valence-corrected chi connectivity index (χ1v) is 10.6. The molecule has 0 saturated carbocycles. The van der Waals surface area contributed by atoms with Crippen LogP contribution in [0, 0.1) is 0 Å². The third kappa shape index (κ3) is 7.31. The van der Waals surface area contributed by atoms with Gasteiger partial charge in [-0.1, -0.05) is 6.08 Å². The molecule has 31 heavy (non-hydrogen) atoms. The van der Waals surface area contributed by atoms with Crippen molar-refractivity contribution < 1.29 is 14.3 Å². The van der Waals surface area contributed by atoms with Crippen LogP contribution < -0.4 is 15.6 Å². The van der Waals surface area contributed by atoms with Gasteiger partial charge < -0.3 is 20.3 Å². The molecule has 1 aliphatic rings. The second-order valence-corrected chi connectivity index (χ2v) is 8.53. The van der Waals surface area contributed by atoms with Gasteiger partial charge in [0.2, 0.25) is 0 Å². The Bertz CT molecular complexity index is 829. The second-order valence-electron chi connectivity index (χ2n) is 8.53. The zero-order chi connectivity index (χ0) is 23.0. The Kier molecular flexibility index (Phi) is 8.47. The van der Waals surface area contributed by atoms with E-state index in [0.29, 0.717) is 18.7 Å². The molecule has 0 spiro atoms. The van der Waals surface area contributed by atoms with Gasteiger partial charge in [-0.3, -0.25) is 9.80 Å². The smallest absolute Gasteiger partial charge is 0.407 e. The Hall–Kier alpha value is -3.03. The molecule has 0 radical (unpaired) electrons. The lowest BCUT2D eigenvalue weighted by Gasteiger charge is -2.34. The zero-order valence-corrected chi connectivity index (χ0v) is 19.4. The van der Waals surface area contributed by atoms with Crippen LogP contribution in [-0.4, -0.2) is 61.9 Å². The quantitative estimate of drug-likeness (QED) is 0.530. The van der Waals surface area contributed by atoms with Crippen molar-refractivity contribution in [1.82, 2.24) is 10.2 Å². The number of likely N-dealkylation sites (tertiary alicyclic amines) is 1. The lowest BCUT2D eigenvalue weighted by molar-refractivity contribution is 0.0452. The Morgan fingerprint density at radius 3 is 2.71 bits per heavy atom. The first-order valence-electron chi connectivity index (χ1n) is 10.6. The summed E-state index contributed by atoms with van der Waals surface area (Å²) >= 11 is 0. The first-order chi connectivity index (χ1) is 14.6. The van der Waals surface area contributed by atoms with E-state index in [0.717, 1.165) is 24.2 Å². The van der Waals surface area contributed by atoms with Gasteiger partial charge in [0, 0.05) is 45.0 Å². The molecule has 1 heterocycles. The van der Waals surface area contributed by atoms with Gasteiger partial charge >= 0.3 is 6.09 Å². The van der Waals surface area contributed by atoms with E-state index in [2.05, 4.69) is 15.7 Å². The maximum Gasteiger partial charge on any atom is 0.407 e. The Morgan fingerprint density at radius 1 is 1.32 bits per heavy atom. The second kappa shape index (κ2) is 10.8. The number of allylic oxidation sites excluding steroid dienone is 2. The van der Waals surface area contributed by atoms with Gasteiger partial charge in [-0.25, -0.2) is 4.79 Å². The average molecular weight is 430 g/mol. The maximum atomic E-state index is 13.2. The minimum atomic E-state index is -0.554. The summed E-state index contributed by atoms with van der Waals surface area (Å²) in [5, 5.41) is 12.1. The number of piperidine rings is 1. The van der Waals surface area contributed by atoms with E-state index in [-0.39, 0.29) is 11.9 Å². The molecule has 8 heteroatoms. The molecular weight excluding hydrogens is 394 g/mol. The summed E-state index contributed by atoms with van der Waals surface area (Å²) in [4.78, 5) is 27.1. The minimum absolute atomic E-state index is 0.0644. The van der Waals surface area contributed by atoms with Crippen LogP contribution in [0.3, 0.4) is 0 Å². The van der Waals surface area contributed by atoms with Crippen LogP contribution in [0.15, 0.2) is 35.5 Å².